The van der Waals surface area contributed by atoms with Crippen LogP contribution in [0.5, 0.6) is 0 Å². The summed E-state index contributed by atoms with van der Waals surface area (Å²) in [5, 5.41) is 14.1. The van der Waals surface area contributed by atoms with Gasteiger partial charge >= 0.3 is 6.09 Å². The third-order valence-corrected chi connectivity index (χ3v) is 3.77. The first kappa shape index (κ1) is 16.3. The number of aromatic amines is 1. The van der Waals surface area contributed by atoms with Gasteiger partial charge in [-0.25, -0.2) is 4.79 Å². The molecule has 0 aliphatic carbocycles. The summed E-state index contributed by atoms with van der Waals surface area (Å²) >= 11 is 0. The normalized spacial score (nSPS) is 10.4. The second-order valence-corrected chi connectivity index (χ2v) is 5.49. The molecule has 2 amide bonds. The van der Waals surface area contributed by atoms with E-state index in [4.69, 9.17) is 5.11 Å². The Morgan fingerprint density at radius 2 is 1.84 bits per heavy atom. The highest BCUT2D eigenvalue weighted by Gasteiger charge is 2.14. The summed E-state index contributed by atoms with van der Waals surface area (Å²) in [6, 6.07) is 11.7. The van der Waals surface area contributed by atoms with Crippen molar-refractivity contribution in [1.29, 1.82) is 0 Å². The van der Waals surface area contributed by atoms with Crippen LogP contribution in [0.2, 0.25) is 0 Å². The molecule has 1 aromatic heterocycles. The lowest BCUT2D eigenvalue weighted by Gasteiger charge is -2.10. The number of benzene rings is 2. The molecule has 7 heteroatoms. The molecule has 2 aromatic carbocycles. The first-order valence-electron chi connectivity index (χ1n) is 7.48. The van der Waals surface area contributed by atoms with Crippen LogP contribution in [0.1, 0.15) is 15.9 Å². The number of pyridine rings is 1. The topological polar surface area (TPSA) is 111 Å². The van der Waals surface area contributed by atoms with Gasteiger partial charge in [0.15, 0.2) is 0 Å². The van der Waals surface area contributed by atoms with Gasteiger partial charge in [0.2, 0.25) is 5.43 Å². The summed E-state index contributed by atoms with van der Waals surface area (Å²) < 4.78 is 0. The number of carbonyl (C=O) groups is 2. The third kappa shape index (κ3) is 3.35. The van der Waals surface area contributed by atoms with Gasteiger partial charge in [-0.2, -0.15) is 0 Å². The fourth-order valence-corrected chi connectivity index (χ4v) is 2.48. The number of fused-ring (bicyclic) bond motifs is 1. The van der Waals surface area contributed by atoms with Crippen LogP contribution in [0.25, 0.3) is 10.9 Å². The predicted octanol–water partition coefficient (Wildman–Crippen LogP) is 3.18. The van der Waals surface area contributed by atoms with Crippen molar-refractivity contribution in [3.05, 3.63) is 70.0 Å². The molecule has 25 heavy (non-hydrogen) atoms. The van der Waals surface area contributed by atoms with Gasteiger partial charge in [0.05, 0.1) is 0 Å². The van der Waals surface area contributed by atoms with E-state index in [0.717, 1.165) is 0 Å². The molecule has 0 aliphatic rings. The van der Waals surface area contributed by atoms with Crippen LogP contribution in [0.15, 0.2) is 53.5 Å². The van der Waals surface area contributed by atoms with Gasteiger partial charge < -0.3 is 15.4 Å². The van der Waals surface area contributed by atoms with E-state index in [1.165, 1.54) is 12.3 Å². The number of nitrogens with one attached hydrogen (secondary N) is 3. The van der Waals surface area contributed by atoms with Gasteiger partial charge in [-0.1, -0.05) is 18.2 Å². The molecule has 0 aliphatic heterocycles. The van der Waals surface area contributed by atoms with Crippen LogP contribution in [0.3, 0.4) is 0 Å². The van der Waals surface area contributed by atoms with E-state index in [-0.39, 0.29) is 11.0 Å². The van der Waals surface area contributed by atoms with Crippen molar-refractivity contribution >= 4 is 34.3 Å². The molecule has 1 heterocycles. The molecule has 0 unspecified atom stereocenters. The maximum absolute atomic E-state index is 12.5. The SMILES string of the molecule is Cc1ccc(NC(=O)c2c[nH]c3ccccc3c2=O)cc1NC(=O)O. The lowest BCUT2D eigenvalue weighted by atomic mass is 10.1. The molecule has 0 spiro atoms. The summed E-state index contributed by atoms with van der Waals surface area (Å²) in [4.78, 5) is 38.6. The van der Waals surface area contributed by atoms with E-state index < -0.39 is 12.0 Å². The highest BCUT2D eigenvalue weighted by molar-refractivity contribution is 6.06. The fraction of sp³-hybridized carbons (Fsp3) is 0.0556. The van der Waals surface area contributed by atoms with Crippen molar-refractivity contribution in [2.24, 2.45) is 0 Å². The van der Waals surface area contributed by atoms with Gasteiger partial charge in [0.25, 0.3) is 5.91 Å². The van der Waals surface area contributed by atoms with E-state index in [0.29, 0.717) is 27.8 Å². The van der Waals surface area contributed by atoms with E-state index >= 15 is 0 Å². The van der Waals surface area contributed by atoms with E-state index in [9.17, 15) is 14.4 Å². The number of anilines is 2. The van der Waals surface area contributed by atoms with Gasteiger partial charge in [-0.3, -0.25) is 14.9 Å². The molecule has 0 radical (unpaired) electrons. The molecule has 126 valence electrons. The summed E-state index contributed by atoms with van der Waals surface area (Å²) in [5.74, 6) is -0.572. The zero-order valence-electron chi connectivity index (χ0n) is 13.3. The Morgan fingerprint density at radius 1 is 1.08 bits per heavy atom. The lowest BCUT2D eigenvalue weighted by Crippen LogP contribution is -2.22. The number of rotatable bonds is 3. The second kappa shape index (κ2) is 6.48. The number of hydrogen-bond donors (Lipinski definition) is 4. The van der Waals surface area contributed by atoms with Crippen LogP contribution in [-0.2, 0) is 0 Å². The summed E-state index contributed by atoms with van der Waals surface area (Å²) in [5.41, 5.74) is 1.70. The molecular formula is C18H15N3O4. The number of carbonyl (C=O) groups excluding carboxylic acids is 1. The number of carboxylic acid groups (broad SMARTS) is 1. The van der Waals surface area contributed by atoms with Gasteiger partial charge in [-0.15, -0.1) is 0 Å². The summed E-state index contributed by atoms with van der Waals surface area (Å²) in [6.07, 6.45) is 0.169. The number of amides is 2. The van der Waals surface area contributed by atoms with Crippen molar-refractivity contribution in [2.75, 3.05) is 10.6 Å². The zero-order chi connectivity index (χ0) is 18.0. The first-order chi connectivity index (χ1) is 12.0. The first-order valence-corrected chi connectivity index (χ1v) is 7.48. The maximum Gasteiger partial charge on any atom is 0.409 e. The molecule has 7 nitrogen and oxygen atoms in total. The Labute approximate surface area is 142 Å². The van der Waals surface area contributed by atoms with Crippen molar-refractivity contribution in [2.45, 2.75) is 6.92 Å². The molecule has 0 fully saturated rings. The molecule has 0 bridgehead atoms. The lowest BCUT2D eigenvalue weighted by molar-refractivity contribution is 0.102. The number of H-pyrrole nitrogens is 1. The van der Waals surface area contributed by atoms with Gasteiger partial charge in [-0.05, 0) is 36.8 Å². The quantitative estimate of drug-likeness (QED) is 0.588. The van der Waals surface area contributed by atoms with E-state index in [2.05, 4.69) is 15.6 Å². The molecular weight excluding hydrogens is 322 g/mol. The summed E-state index contributed by atoms with van der Waals surface area (Å²) in [7, 11) is 0. The van der Waals surface area contributed by atoms with Crippen molar-refractivity contribution < 1.29 is 14.7 Å². The number of aromatic nitrogens is 1. The minimum absolute atomic E-state index is 0.0213. The Morgan fingerprint density at radius 3 is 2.60 bits per heavy atom. The highest BCUT2D eigenvalue weighted by atomic mass is 16.4. The number of hydrogen-bond acceptors (Lipinski definition) is 3. The number of para-hydroxylation sites is 1. The van der Waals surface area contributed by atoms with Crippen LogP contribution in [-0.4, -0.2) is 22.1 Å². The molecule has 3 aromatic rings. The van der Waals surface area contributed by atoms with E-state index in [1.807, 2.05) is 0 Å². The highest BCUT2D eigenvalue weighted by Crippen LogP contribution is 2.20. The Balaban J connectivity index is 1.91. The maximum atomic E-state index is 12.5. The second-order valence-electron chi connectivity index (χ2n) is 5.49. The molecule has 0 saturated carbocycles. The van der Waals surface area contributed by atoms with Gasteiger partial charge in [0.1, 0.15) is 5.56 Å². The molecule has 3 rings (SSSR count). The monoisotopic (exact) mass is 337 g/mol. The standard InChI is InChI=1S/C18H15N3O4/c1-10-6-7-11(8-15(10)21-18(24)25)20-17(23)13-9-19-14-5-3-2-4-12(14)16(13)22/h2-9,21H,1H3,(H,19,22)(H,20,23)(H,24,25). The third-order valence-electron chi connectivity index (χ3n) is 3.77. The van der Waals surface area contributed by atoms with Crippen LogP contribution in [0.4, 0.5) is 16.2 Å². The van der Waals surface area contributed by atoms with Crippen LogP contribution in [0, 0.1) is 6.92 Å². The zero-order valence-corrected chi connectivity index (χ0v) is 13.3. The Kier molecular flexibility index (Phi) is 4.21. The molecule has 4 N–H and O–H groups in total. The average Bonchev–Trinajstić information content (AvgIpc) is 2.58. The molecule has 0 saturated heterocycles. The predicted molar refractivity (Wildman–Crippen MR) is 95.3 cm³/mol. The smallest absolute Gasteiger partial charge is 0.409 e. The fourth-order valence-electron chi connectivity index (χ4n) is 2.48. The number of aryl methyl sites for hydroxylation is 1. The minimum atomic E-state index is -1.20. The average molecular weight is 337 g/mol. The molecule has 0 atom stereocenters. The van der Waals surface area contributed by atoms with Crippen LogP contribution >= 0.6 is 0 Å². The van der Waals surface area contributed by atoms with Crippen molar-refractivity contribution in [1.82, 2.24) is 4.98 Å². The Bertz CT molecular complexity index is 1040. The van der Waals surface area contributed by atoms with Gasteiger partial charge in [0, 0.05) is 28.5 Å². The van der Waals surface area contributed by atoms with E-state index in [1.54, 1.807) is 43.3 Å². The minimum Gasteiger partial charge on any atom is -0.465 e. The Hall–Kier alpha value is -3.61. The van der Waals surface area contributed by atoms with Crippen LogP contribution < -0.4 is 16.1 Å². The largest absolute Gasteiger partial charge is 0.465 e. The van der Waals surface area contributed by atoms with Crippen molar-refractivity contribution in [3.63, 3.8) is 0 Å². The summed E-state index contributed by atoms with van der Waals surface area (Å²) in [6.45, 7) is 1.74. The van der Waals surface area contributed by atoms with Crippen molar-refractivity contribution in [3.8, 4) is 0 Å².